The van der Waals surface area contributed by atoms with Gasteiger partial charge in [-0.3, -0.25) is 4.79 Å². The zero-order chi connectivity index (χ0) is 18.9. The third kappa shape index (κ3) is 3.80. The van der Waals surface area contributed by atoms with E-state index < -0.39 is 0 Å². The number of benzene rings is 1. The molecule has 1 aromatic heterocycles. The fraction of sp³-hybridized carbons (Fsp3) is 0.524. The summed E-state index contributed by atoms with van der Waals surface area (Å²) in [6.07, 6.45) is 7.20. The molecular formula is C21H27N3O3. The van der Waals surface area contributed by atoms with Crippen LogP contribution in [-0.2, 0) is 24.2 Å². The highest BCUT2D eigenvalue weighted by Gasteiger charge is 2.35. The van der Waals surface area contributed by atoms with Gasteiger partial charge < -0.3 is 18.9 Å². The molecule has 4 rings (SSSR count). The molecule has 2 aliphatic rings. The first-order chi connectivity index (χ1) is 13.1. The summed E-state index contributed by atoms with van der Waals surface area (Å²) in [7, 11) is 0. The summed E-state index contributed by atoms with van der Waals surface area (Å²) >= 11 is 0. The molecule has 6 heteroatoms. The average Bonchev–Trinajstić information content (AvgIpc) is 3.30. The number of rotatable bonds is 6. The van der Waals surface area contributed by atoms with Crippen LogP contribution in [0.4, 0.5) is 0 Å². The minimum Gasteiger partial charge on any atom is -0.454 e. The third-order valence-corrected chi connectivity index (χ3v) is 5.66. The maximum Gasteiger partial charge on any atom is 0.231 e. The van der Waals surface area contributed by atoms with Crippen molar-refractivity contribution in [2.45, 2.75) is 46.1 Å². The van der Waals surface area contributed by atoms with E-state index in [0.717, 1.165) is 56.2 Å². The first-order valence-electron chi connectivity index (χ1n) is 9.73. The second-order valence-electron chi connectivity index (χ2n) is 7.88. The Morgan fingerprint density at radius 3 is 2.93 bits per heavy atom. The molecule has 0 radical (unpaired) electrons. The molecule has 0 N–H and O–H groups in total. The number of amides is 1. The number of carbonyl (C=O) groups excluding carboxylic acids is 1. The molecule has 1 amide bonds. The van der Waals surface area contributed by atoms with E-state index in [9.17, 15) is 4.79 Å². The number of hydrogen-bond acceptors (Lipinski definition) is 4. The Balaban J connectivity index is 1.42. The van der Waals surface area contributed by atoms with Gasteiger partial charge in [0.25, 0.3) is 0 Å². The number of likely N-dealkylation sites (tertiary alicyclic amines) is 1. The van der Waals surface area contributed by atoms with E-state index in [1.54, 1.807) is 0 Å². The van der Waals surface area contributed by atoms with Crippen molar-refractivity contribution in [1.29, 1.82) is 0 Å². The maximum absolute atomic E-state index is 12.5. The van der Waals surface area contributed by atoms with Crippen LogP contribution in [-0.4, -0.2) is 40.2 Å². The quantitative estimate of drug-likeness (QED) is 0.785. The minimum absolute atomic E-state index is 0.0735. The van der Waals surface area contributed by atoms with Crippen LogP contribution in [0.25, 0.3) is 0 Å². The number of aromatic nitrogens is 2. The first kappa shape index (κ1) is 17.9. The van der Waals surface area contributed by atoms with Crippen molar-refractivity contribution < 1.29 is 14.3 Å². The molecule has 2 aromatic rings. The van der Waals surface area contributed by atoms with Crippen molar-refractivity contribution in [2.24, 2.45) is 5.41 Å². The lowest BCUT2D eigenvalue weighted by atomic mass is 9.76. The van der Waals surface area contributed by atoms with Gasteiger partial charge in [0.1, 0.15) is 5.82 Å². The van der Waals surface area contributed by atoms with Gasteiger partial charge in [-0.25, -0.2) is 4.98 Å². The monoisotopic (exact) mass is 369 g/mol. The lowest BCUT2D eigenvalue weighted by Gasteiger charge is -2.40. The van der Waals surface area contributed by atoms with Gasteiger partial charge in [0, 0.05) is 44.9 Å². The van der Waals surface area contributed by atoms with Gasteiger partial charge in [-0.2, -0.15) is 0 Å². The molecule has 0 spiro atoms. The fourth-order valence-electron chi connectivity index (χ4n) is 4.17. The van der Waals surface area contributed by atoms with E-state index in [1.165, 1.54) is 5.56 Å². The molecule has 6 nitrogen and oxygen atoms in total. The van der Waals surface area contributed by atoms with E-state index >= 15 is 0 Å². The van der Waals surface area contributed by atoms with E-state index in [0.29, 0.717) is 13.2 Å². The minimum atomic E-state index is 0.0735. The Kier molecular flexibility index (Phi) is 4.81. The summed E-state index contributed by atoms with van der Waals surface area (Å²) in [5.41, 5.74) is 1.31. The molecule has 144 valence electrons. The molecular weight excluding hydrogens is 342 g/mol. The number of imidazole rings is 1. The summed E-state index contributed by atoms with van der Waals surface area (Å²) in [5.74, 6) is 2.97. The molecule has 1 atom stereocenters. The fourth-order valence-corrected chi connectivity index (χ4v) is 4.17. The molecule has 2 aliphatic heterocycles. The van der Waals surface area contributed by atoms with Gasteiger partial charge in [0.05, 0.1) is 0 Å². The number of fused-ring (bicyclic) bond motifs is 1. The maximum atomic E-state index is 12.5. The van der Waals surface area contributed by atoms with E-state index in [4.69, 9.17) is 9.47 Å². The molecule has 27 heavy (non-hydrogen) atoms. The Morgan fingerprint density at radius 1 is 1.22 bits per heavy atom. The van der Waals surface area contributed by atoms with Crippen LogP contribution in [0.1, 0.15) is 38.1 Å². The van der Waals surface area contributed by atoms with Crippen molar-refractivity contribution in [3.05, 3.63) is 42.0 Å². The molecule has 1 fully saturated rings. The summed E-state index contributed by atoms with van der Waals surface area (Å²) in [6, 6.07) is 6.17. The van der Waals surface area contributed by atoms with Gasteiger partial charge in [0.15, 0.2) is 11.5 Å². The summed E-state index contributed by atoms with van der Waals surface area (Å²) in [5, 5.41) is 0. The number of hydrogen-bond donors (Lipinski definition) is 0. The van der Waals surface area contributed by atoms with E-state index in [1.807, 2.05) is 23.4 Å². The predicted octanol–water partition coefficient (Wildman–Crippen LogP) is 3.05. The summed E-state index contributed by atoms with van der Waals surface area (Å²) in [4.78, 5) is 18.9. The Morgan fingerprint density at radius 2 is 2.07 bits per heavy atom. The molecule has 0 saturated carbocycles. The lowest BCUT2D eigenvalue weighted by Crippen LogP contribution is -2.47. The highest BCUT2D eigenvalue weighted by Crippen LogP contribution is 2.37. The Bertz CT molecular complexity index is 832. The smallest absolute Gasteiger partial charge is 0.231 e. The third-order valence-electron chi connectivity index (χ3n) is 5.66. The van der Waals surface area contributed by atoms with Gasteiger partial charge in [-0.05, 0) is 36.0 Å². The van der Waals surface area contributed by atoms with Crippen molar-refractivity contribution in [1.82, 2.24) is 14.5 Å². The second-order valence-corrected chi connectivity index (χ2v) is 7.88. The largest absolute Gasteiger partial charge is 0.454 e. The van der Waals surface area contributed by atoms with Crippen LogP contribution in [0.3, 0.4) is 0 Å². The number of piperidine rings is 1. The van der Waals surface area contributed by atoms with Crippen molar-refractivity contribution in [3.8, 4) is 11.5 Å². The zero-order valence-corrected chi connectivity index (χ0v) is 16.1. The van der Waals surface area contributed by atoms with E-state index in [-0.39, 0.29) is 11.3 Å². The number of nitrogens with zero attached hydrogens (tertiary/aromatic N) is 3. The standard InChI is InChI=1S/C21H27N3O3/c1-3-19-22-8-9-23(19)10-11-24-14-21(2,7-6-20(24)25)13-16-4-5-17-18(12-16)27-15-26-17/h4-5,8-9,12H,3,6-7,10-11,13-15H2,1-2H3. The van der Waals surface area contributed by atoms with Gasteiger partial charge in [-0.15, -0.1) is 0 Å². The molecule has 0 aliphatic carbocycles. The Labute approximate surface area is 160 Å². The van der Waals surface area contributed by atoms with Crippen molar-refractivity contribution in [2.75, 3.05) is 19.9 Å². The van der Waals surface area contributed by atoms with Crippen LogP contribution < -0.4 is 9.47 Å². The van der Waals surface area contributed by atoms with Crippen molar-refractivity contribution >= 4 is 5.91 Å². The Hall–Kier alpha value is -2.50. The van der Waals surface area contributed by atoms with Gasteiger partial charge in [0.2, 0.25) is 12.7 Å². The van der Waals surface area contributed by atoms with Crippen LogP contribution >= 0.6 is 0 Å². The van der Waals surface area contributed by atoms with E-state index in [2.05, 4.69) is 35.5 Å². The highest BCUT2D eigenvalue weighted by atomic mass is 16.7. The number of carbonyl (C=O) groups is 1. The van der Waals surface area contributed by atoms with Crippen LogP contribution in [0.5, 0.6) is 11.5 Å². The van der Waals surface area contributed by atoms with Crippen molar-refractivity contribution in [3.63, 3.8) is 0 Å². The second kappa shape index (κ2) is 7.25. The molecule has 0 bridgehead atoms. The average molecular weight is 369 g/mol. The summed E-state index contributed by atoms with van der Waals surface area (Å²) in [6.45, 7) is 7.01. The highest BCUT2D eigenvalue weighted by molar-refractivity contribution is 5.77. The number of ether oxygens (including phenoxy) is 2. The lowest BCUT2D eigenvalue weighted by molar-refractivity contribution is -0.137. The van der Waals surface area contributed by atoms with Crippen LogP contribution in [0.15, 0.2) is 30.6 Å². The van der Waals surface area contributed by atoms with Crippen LogP contribution in [0.2, 0.25) is 0 Å². The summed E-state index contributed by atoms with van der Waals surface area (Å²) < 4.78 is 13.1. The normalized spacial score (nSPS) is 21.7. The van der Waals surface area contributed by atoms with Gasteiger partial charge >= 0.3 is 0 Å². The molecule has 1 aromatic carbocycles. The van der Waals surface area contributed by atoms with Gasteiger partial charge in [-0.1, -0.05) is 19.9 Å². The zero-order valence-electron chi connectivity index (χ0n) is 16.1. The molecule has 3 heterocycles. The first-order valence-corrected chi connectivity index (χ1v) is 9.73. The molecule has 1 saturated heterocycles. The SMILES string of the molecule is CCc1nccn1CCN1CC(C)(Cc2ccc3c(c2)OCO3)CCC1=O. The molecule has 1 unspecified atom stereocenters. The van der Waals surface area contributed by atoms with Crippen LogP contribution in [0, 0.1) is 5.41 Å². The predicted molar refractivity (Wildman–Crippen MR) is 102 cm³/mol. The number of aryl methyl sites for hydroxylation is 1. The topological polar surface area (TPSA) is 56.6 Å².